The molecule has 0 unspecified atom stereocenters. The van der Waals surface area contributed by atoms with Crippen LogP contribution in [0.2, 0.25) is 0 Å². The molecule has 0 aliphatic rings. The van der Waals surface area contributed by atoms with Gasteiger partial charge >= 0.3 is 0 Å². The lowest BCUT2D eigenvalue weighted by Gasteiger charge is -2.17. The van der Waals surface area contributed by atoms with Crippen molar-refractivity contribution in [2.45, 2.75) is 11.8 Å². The Balaban J connectivity index is 1.82. The fraction of sp³-hybridized carbons (Fsp3) is 0.222. The number of aryl methyl sites for hydroxylation is 1. The van der Waals surface area contributed by atoms with Crippen LogP contribution >= 0.6 is 27.7 Å². The number of nitrogens with zero attached hydrogens (tertiary/aromatic N) is 1. The normalized spacial score (nSPS) is 10.3. The Bertz CT molecular complexity index is 722. The minimum absolute atomic E-state index is 0.0353. The third-order valence-electron chi connectivity index (χ3n) is 3.35. The fourth-order valence-electron chi connectivity index (χ4n) is 2.05. The molecule has 4 nitrogen and oxygen atoms in total. The van der Waals surface area contributed by atoms with E-state index in [1.807, 2.05) is 55.5 Å². The molecule has 0 bridgehead atoms. The second-order valence-electron chi connectivity index (χ2n) is 5.36. The summed E-state index contributed by atoms with van der Waals surface area (Å²) in [6.45, 7) is 2.04. The van der Waals surface area contributed by atoms with Crippen LogP contribution in [0.3, 0.4) is 0 Å². The lowest BCUT2D eigenvalue weighted by atomic mass is 10.2. The average Bonchev–Trinajstić information content (AvgIpc) is 2.54. The lowest BCUT2D eigenvalue weighted by Crippen LogP contribution is -2.35. The summed E-state index contributed by atoms with van der Waals surface area (Å²) >= 11 is 4.90. The molecular formula is C18H19BrN2O2S. The van der Waals surface area contributed by atoms with Crippen LogP contribution < -0.4 is 5.32 Å². The SMILES string of the molecule is Cc1cc(Br)ccc1SCC(=O)N(C)CC(=O)Nc1ccccc1. The minimum Gasteiger partial charge on any atom is -0.336 e. The van der Waals surface area contributed by atoms with Crippen LogP contribution in [0.15, 0.2) is 57.9 Å². The van der Waals surface area contributed by atoms with Crippen LogP contribution in [0.5, 0.6) is 0 Å². The first-order chi connectivity index (χ1) is 11.5. The molecule has 0 saturated heterocycles. The van der Waals surface area contributed by atoms with Gasteiger partial charge in [0.25, 0.3) is 0 Å². The Kier molecular flexibility index (Phi) is 6.87. The zero-order chi connectivity index (χ0) is 17.5. The van der Waals surface area contributed by atoms with E-state index >= 15 is 0 Å². The summed E-state index contributed by atoms with van der Waals surface area (Å²) in [5.41, 5.74) is 1.84. The average molecular weight is 407 g/mol. The van der Waals surface area contributed by atoms with E-state index < -0.39 is 0 Å². The molecule has 1 N–H and O–H groups in total. The Labute approximate surface area is 154 Å². The van der Waals surface area contributed by atoms with E-state index in [4.69, 9.17) is 0 Å². The predicted octanol–water partition coefficient (Wildman–Crippen LogP) is 3.95. The van der Waals surface area contributed by atoms with Gasteiger partial charge in [0.1, 0.15) is 0 Å². The van der Waals surface area contributed by atoms with Gasteiger partial charge in [-0.3, -0.25) is 9.59 Å². The molecule has 0 atom stereocenters. The molecule has 2 aromatic rings. The first kappa shape index (κ1) is 18.5. The zero-order valence-corrected chi connectivity index (χ0v) is 16.0. The van der Waals surface area contributed by atoms with E-state index in [9.17, 15) is 9.59 Å². The number of para-hydroxylation sites is 1. The van der Waals surface area contributed by atoms with Crippen molar-refractivity contribution in [2.24, 2.45) is 0 Å². The van der Waals surface area contributed by atoms with Crippen LogP contribution in [0.4, 0.5) is 5.69 Å². The molecule has 2 rings (SSSR count). The van der Waals surface area contributed by atoms with Gasteiger partial charge in [0.2, 0.25) is 11.8 Å². The minimum atomic E-state index is -0.207. The number of rotatable bonds is 6. The maximum Gasteiger partial charge on any atom is 0.243 e. The molecule has 0 radical (unpaired) electrons. The van der Waals surface area contributed by atoms with Crippen LogP contribution in [0.25, 0.3) is 0 Å². The van der Waals surface area contributed by atoms with Crippen LogP contribution in [0, 0.1) is 6.92 Å². The predicted molar refractivity (Wildman–Crippen MR) is 102 cm³/mol. The van der Waals surface area contributed by atoms with Crippen molar-refractivity contribution in [1.82, 2.24) is 4.90 Å². The number of amides is 2. The zero-order valence-electron chi connectivity index (χ0n) is 13.6. The molecule has 0 aliphatic heterocycles. The summed E-state index contributed by atoms with van der Waals surface area (Å²) in [6.07, 6.45) is 0. The molecule has 126 valence electrons. The number of halogens is 1. The van der Waals surface area contributed by atoms with Crippen molar-refractivity contribution >= 4 is 45.2 Å². The first-order valence-electron chi connectivity index (χ1n) is 7.43. The number of likely N-dealkylation sites (N-methyl/N-ethyl adjacent to an activating group) is 1. The summed E-state index contributed by atoms with van der Waals surface area (Å²) < 4.78 is 1.02. The molecule has 0 fully saturated rings. The van der Waals surface area contributed by atoms with Crippen LogP contribution in [-0.4, -0.2) is 36.1 Å². The van der Waals surface area contributed by atoms with Gasteiger partial charge in [-0.1, -0.05) is 34.1 Å². The van der Waals surface area contributed by atoms with Crippen molar-refractivity contribution in [3.8, 4) is 0 Å². The van der Waals surface area contributed by atoms with E-state index in [1.165, 1.54) is 16.7 Å². The third-order valence-corrected chi connectivity index (χ3v) is 5.01. The van der Waals surface area contributed by atoms with E-state index in [0.717, 1.165) is 20.6 Å². The van der Waals surface area contributed by atoms with E-state index in [-0.39, 0.29) is 18.4 Å². The monoisotopic (exact) mass is 406 g/mol. The molecule has 2 amide bonds. The highest BCUT2D eigenvalue weighted by atomic mass is 79.9. The Morgan fingerprint density at radius 3 is 2.54 bits per heavy atom. The highest BCUT2D eigenvalue weighted by Crippen LogP contribution is 2.25. The van der Waals surface area contributed by atoms with Gasteiger partial charge in [-0.15, -0.1) is 11.8 Å². The van der Waals surface area contributed by atoms with Gasteiger partial charge in [0, 0.05) is 22.1 Å². The quantitative estimate of drug-likeness (QED) is 0.738. The second-order valence-corrected chi connectivity index (χ2v) is 7.30. The number of carbonyl (C=O) groups is 2. The molecule has 24 heavy (non-hydrogen) atoms. The Morgan fingerprint density at radius 1 is 1.17 bits per heavy atom. The fourth-order valence-corrected chi connectivity index (χ4v) is 3.48. The summed E-state index contributed by atoms with van der Waals surface area (Å²) in [5, 5.41) is 2.77. The standard InChI is InChI=1S/C18H19BrN2O2S/c1-13-10-14(19)8-9-16(13)24-12-18(23)21(2)11-17(22)20-15-6-4-3-5-7-15/h3-10H,11-12H2,1-2H3,(H,20,22). The van der Waals surface area contributed by atoms with E-state index in [0.29, 0.717) is 5.75 Å². The van der Waals surface area contributed by atoms with Gasteiger partial charge in [0.15, 0.2) is 0 Å². The maximum atomic E-state index is 12.2. The van der Waals surface area contributed by atoms with Gasteiger partial charge in [-0.2, -0.15) is 0 Å². The highest BCUT2D eigenvalue weighted by molar-refractivity contribution is 9.10. The summed E-state index contributed by atoms with van der Waals surface area (Å²) in [5.74, 6) is 0.0184. The summed E-state index contributed by atoms with van der Waals surface area (Å²) in [7, 11) is 1.64. The molecule has 6 heteroatoms. The van der Waals surface area contributed by atoms with Gasteiger partial charge in [0.05, 0.1) is 12.3 Å². The number of carbonyl (C=O) groups excluding carboxylic acids is 2. The molecule has 0 heterocycles. The molecule has 0 spiro atoms. The number of hydrogen-bond acceptors (Lipinski definition) is 3. The number of nitrogens with one attached hydrogen (secondary N) is 1. The van der Waals surface area contributed by atoms with Gasteiger partial charge in [-0.25, -0.2) is 0 Å². The third kappa shape index (κ3) is 5.69. The number of anilines is 1. The molecule has 0 saturated carbocycles. The number of benzene rings is 2. The molecular weight excluding hydrogens is 388 g/mol. The summed E-state index contributed by atoms with van der Waals surface area (Å²) in [4.78, 5) is 26.7. The van der Waals surface area contributed by atoms with Gasteiger partial charge < -0.3 is 10.2 Å². The highest BCUT2D eigenvalue weighted by Gasteiger charge is 2.14. The van der Waals surface area contributed by atoms with Gasteiger partial charge in [-0.05, 0) is 42.8 Å². The second kappa shape index (κ2) is 8.89. The van der Waals surface area contributed by atoms with Crippen molar-refractivity contribution in [3.05, 3.63) is 58.6 Å². The summed E-state index contributed by atoms with van der Waals surface area (Å²) in [6, 6.07) is 15.2. The van der Waals surface area contributed by atoms with E-state index in [1.54, 1.807) is 7.05 Å². The van der Waals surface area contributed by atoms with Crippen molar-refractivity contribution in [2.75, 3.05) is 24.7 Å². The molecule has 2 aromatic carbocycles. The number of thioether (sulfide) groups is 1. The van der Waals surface area contributed by atoms with E-state index in [2.05, 4.69) is 21.2 Å². The molecule has 0 aromatic heterocycles. The Hall–Kier alpha value is -1.79. The van der Waals surface area contributed by atoms with Crippen molar-refractivity contribution in [1.29, 1.82) is 0 Å². The first-order valence-corrected chi connectivity index (χ1v) is 9.21. The van der Waals surface area contributed by atoms with Crippen molar-refractivity contribution in [3.63, 3.8) is 0 Å². The molecule has 0 aliphatic carbocycles. The van der Waals surface area contributed by atoms with Crippen molar-refractivity contribution < 1.29 is 9.59 Å². The lowest BCUT2D eigenvalue weighted by molar-refractivity contribution is -0.131. The smallest absolute Gasteiger partial charge is 0.243 e. The Morgan fingerprint density at radius 2 is 1.88 bits per heavy atom. The van der Waals surface area contributed by atoms with Crippen LogP contribution in [-0.2, 0) is 9.59 Å². The number of hydrogen-bond donors (Lipinski definition) is 1. The largest absolute Gasteiger partial charge is 0.336 e. The van der Waals surface area contributed by atoms with Crippen LogP contribution in [0.1, 0.15) is 5.56 Å². The maximum absolute atomic E-state index is 12.2. The topological polar surface area (TPSA) is 49.4 Å².